The van der Waals surface area contributed by atoms with E-state index in [-0.39, 0.29) is 29.2 Å². The van der Waals surface area contributed by atoms with E-state index in [1.165, 1.54) is 12.1 Å². The van der Waals surface area contributed by atoms with Crippen LogP contribution in [-0.4, -0.2) is 64.4 Å². The van der Waals surface area contributed by atoms with Crippen LogP contribution < -0.4 is 5.32 Å². The zero-order chi connectivity index (χ0) is 24.2. The van der Waals surface area contributed by atoms with Gasteiger partial charge in [-0.25, -0.2) is 14.4 Å². The van der Waals surface area contributed by atoms with Crippen molar-refractivity contribution in [1.29, 1.82) is 0 Å². The zero-order valence-electron chi connectivity index (χ0n) is 19.8. The molecule has 1 saturated carbocycles. The van der Waals surface area contributed by atoms with Crippen LogP contribution in [0.25, 0.3) is 0 Å². The summed E-state index contributed by atoms with van der Waals surface area (Å²) in [5.74, 6) is -1.66. The van der Waals surface area contributed by atoms with Crippen molar-refractivity contribution < 1.29 is 29.3 Å². The average Bonchev–Trinajstić information content (AvgIpc) is 2.73. The standard InChI is InChI=1S/C25H36N2O6/c1-25(2,3)33-24(32)26-19-9-6-16(7-10-19)14-27-12-4-5-18(15-27)17-8-11-20(22(28)29)21(13-17)23(30)31/h8,11,13,16,18-19H,4-7,9-10,12,14-15H2,1-3H3,(H,26,32)(H,28,29)(H,30,31)/t16?,18-,19?/m1/s1. The van der Waals surface area contributed by atoms with Gasteiger partial charge < -0.3 is 25.2 Å². The lowest BCUT2D eigenvalue weighted by Crippen LogP contribution is -2.43. The molecule has 1 aromatic rings. The fraction of sp³-hybridized carbons (Fsp3) is 0.640. The lowest BCUT2D eigenvalue weighted by Gasteiger charge is -2.37. The summed E-state index contributed by atoms with van der Waals surface area (Å²) in [4.78, 5) is 37.3. The Bertz CT molecular complexity index is 870. The highest BCUT2D eigenvalue weighted by molar-refractivity contribution is 6.01. The van der Waals surface area contributed by atoms with Gasteiger partial charge in [0.15, 0.2) is 0 Å². The van der Waals surface area contributed by atoms with Crippen LogP contribution in [0.1, 0.15) is 91.5 Å². The summed E-state index contributed by atoms with van der Waals surface area (Å²) in [6, 6.07) is 4.87. The number of amides is 1. The number of rotatable bonds is 6. The number of carboxylic acids is 2. The number of nitrogens with one attached hydrogen (secondary N) is 1. The van der Waals surface area contributed by atoms with Gasteiger partial charge in [0.1, 0.15) is 5.60 Å². The summed E-state index contributed by atoms with van der Waals surface area (Å²) in [7, 11) is 0. The molecule has 3 N–H and O–H groups in total. The SMILES string of the molecule is CC(C)(C)OC(=O)NC1CCC(CN2CCC[C@@H](c3ccc(C(=O)O)c(C(=O)O)c3)C2)CC1. The molecule has 0 unspecified atom stereocenters. The Kier molecular flexibility index (Phi) is 8.00. The second-order valence-corrected chi connectivity index (χ2v) is 10.4. The van der Waals surface area contributed by atoms with Gasteiger partial charge >= 0.3 is 18.0 Å². The van der Waals surface area contributed by atoms with Gasteiger partial charge in [0.05, 0.1) is 11.1 Å². The third-order valence-corrected chi connectivity index (χ3v) is 6.57. The Morgan fingerprint density at radius 3 is 2.30 bits per heavy atom. The van der Waals surface area contributed by atoms with E-state index in [0.29, 0.717) is 5.92 Å². The molecule has 0 aromatic heterocycles. The van der Waals surface area contributed by atoms with Crippen molar-refractivity contribution in [2.45, 2.75) is 76.9 Å². The van der Waals surface area contributed by atoms with Crippen molar-refractivity contribution in [2.24, 2.45) is 5.92 Å². The van der Waals surface area contributed by atoms with Crippen LogP contribution in [0.5, 0.6) is 0 Å². The number of hydrogen-bond donors (Lipinski definition) is 3. The quantitative estimate of drug-likeness (QED) is 0.578. The molecule has 182 valence electrons. The topological polar surface area (TPSA) is 116 Å². The first-order valence-corrected chi connectivity index (χ1v) is 11.8. The van der Waals surface area contributed by atoms with Crippen LogP contribution in [0.3, 0.4) is 0 Å². The fourth-order valence-corrected chi connectivity index (χ4v) is 5.00. The zero-order valence-corrected chi connectivity index (χ0v) is 19.8. The number of likely N-dealkylation sites (tertiary alicyclic amines) is 1. The Labute approximate surface area is 195 Å². The summed E-state index contributed by atoms with van der Waals surface area (Å²) in [6.45, 7) is 8.44. The molecule has 1 heterocycles. The van der Waals surface area contributed by atoms with Crippen molar-refractivity contribution in [3.63, 3.8) is 0 Å². The van der Waals surface area contributed by atoms with Crippen molar-refractivity contribution in [3.05, 3.63) is 34.9 Å². The Hall–Kier alpha value is -2.61. The minimum Gasteiger partial charge on any atom is -0.478 e. The van der Waals surface area contributed by atoms with Crippen molar-refractivity contribution >= 4 is 18.0 Å². The summed E-state index contributed by atoms with van der Waals surface area (Å²) in [6.07, 6.45) is 5.65. The number of benzene rings is 1. The number of alkyl carbamates (subject to hydrolysis) is 1. The maximum Gasteiger partial charge on any atom is 0.407 e. The van der Waals surface area contributed by atoms with Gasteiger partial charge in [0, 0.05) is 19.1 Å². The van der Waals surface area contributed by atoms with Crippen molar-refractivity contribution in [1.82, 2.24) is 10.2 Å². The maximum atomic E-state index is 12.0. The molecule has 33 heavy (non-hydrogen) atoms. The van der Waals surface area contributed by atoms with Crippen LogP contribution in [0.2, 0.25) is 0 Å². The van der Waals surface area contributed by atoms with E-state index < -0.39 is 17.5 Å². The molecule has 0 spiro atoms. The van der Waals surface area contributed by atoms with E-state index in [2.05, 4.69) is 10.2 Å². The lowest BCUT2D eigenvalue weighted by molar-refractivity contribution is 0.0481. The lowest BCUT2D eigenvalue weighted by atomic mass is 9.84. The third-order valence-electron chi connectivity index (χ3n) is 6.57. The van der Waals surface area contributed by atoms with Gasteiger partial charge in [-0.15, -0.1) is 0 Å². The summed E-state index contributed by atoms with van der Waals surface area (Å²) in [5.41, 5.74) is 0.0848. The molecule has 2 aliphatic rings. The summed E-state index contributed by atoms with van der Waals surface area (Å²) < 4.78 is 5.36. The van der Waals surface area contributed by atoms with E-state index in [9.17, 15) is 24.6 Å². The Morgan fingerprint density at radius 2 is 1.70 bits per heavy atom. The van der Waals surface area contributed by atoms with Crippen LogP contribution in [0, 0.1) is 5.92 Å². The van der Waals surface area contributed by atoms with E-state index in [1.54, 1.807) is 6.07 Å². The molecule has 1 atom stereocenters. The number of carbonyl (C=O) groups is 3. The Morgan fingerprint density at radius 1 is 1.03 bits per heavy atom. The number of piperidine rings is 1. The second kappa shape index (κ2) is 10.5. The molecular weight excluding hydrogens is 424 g/mol. The highest BCUT2D eigenvalue weighted by Gasteiger charge is 2.29. The van der Waals surface area contributed by atoms with Gasteiger partial charge in [-0.2, -0.15) is 0 Å². The molecule has 8 heteroatoms. The first-order valence-electron chi connectivity index (χ1n) is 11.8. The minimum absolute atomic E-state index is 0.145. The number of carbonyl (C=O) groups excluding carboxylic acids is 1. The monoisotopic (exact) mass is 460 g/mol. The van der Waals surface area contributed by atoms with Crippen LogP contribution in [-0.2, 0) is 4.74 Å². The molecule has 1 saturated heterocycles. The highest BCUT2D eigenvalue weighted by atomic mass is 16.6. The average molecular weight is 461 g/mol. The minimum atomic E-state index is -1.22. The predicted octanol–water partition coefficient (Wildman–Crippen LogP) is 4.35. The van der Waals surface area contributed by atoms with Gasteiger partial charge in [0.25, 0.3) is 0 Å². The molecule has 1 aliphatic heterocycles. The van der Waals surface area contributed by atoms with Crippen LogP contribution >= 0.6 is 0 Å². The van der Waals surface area contributed by atoms with E-state index >= 15 is 0 Å². The largest absolute Gasteiger partial charge is 0.478 e. The van der Waals surface area contributed by atoms with E-state index in [0.717, 1.165) is 63.7 Å². The fourth-order valence-electron chi connectivity index (χ4n) is 5.00. The first kappa shape index (κ1) is 25.0. The molecule has 0 radical (unpaired) electrons. The van der Waals surface area contributed by atoms with Crippen LogP contribution in [0.15, 0.2) is 18.2 Å². The molecule has 1 aliphatic carbocycles. The number of aromatic carboxylic acids is 2. The molecule has 3 rings (SSSR count). The number of carboxylic acid groups (broad SMARTS) is 2. The summed E-state index contributed by atoms with van der Waals surface area (Å²) >= 11 is 0. The Balaban J connectivity index is 1.52. The maximum absolute atomic E-state index is 12.0. The van der Waals surface area contributed by atoms with Gasteiger partial charge in [-0.05, 0) is 95.4 Å². The molecule has 1 amide bonds. The molecule has 0 bridgehead atoms. The highest BCUT2D eigenvalue weighted by Crippen LogP contribution is 2.31. The van der Waals surface area contributed by atoms with E-state index in [1.807, 2.05) is 20.8 Å². The third kappa shape index (κ3) is 7.19. The number of hydrogen-bond acceptors (Lipinski definition) is 5. The number of ether oxygens (including phenoxy) is 1. The molecule has 2 fully saturated rings. The predicted molar refractivity (Wildman–Crippen MR) is 124 cm³/mol. The van der Waals surface area contributed by atoms with Crippen molar-refractivity contribution in [3.8, 4) is 0 Å². The first-order chi connectivity index (χ1) is 15.5. The normalized spacial score (nSPS) is 24.2. The van der Waals surface area contributed by atoms with Crippen molar-refractivity contribution in [2.75, 3.05) is 19.6 Å². The summed E-state index contributed by atoms with van der Waals surface area (Å²) in [5, 5.41) is 21.7. The van der Waals surface area contributed by atoms with Gasteiger partial charge in [-0.1, -0.05) is 6.07 Å². The van der Waals surface area contributed by atoms with Crippen LogP contribution in [0.4, 0.5) is 4.79 Å². The molecule has 8 nitrogen and oxygen atoms in total. The second-order valence-electron chi connectivity index (χ2n) is 10.4. The molecule has 1 aromatic carbocycles. The van der Waals surface area contributed by atoms with Gasteiger partial charge in [0.2, 0.25) is 0 Å². The number of nitrogens with zero attached hydrogens (tertiary/aromatic N) is 1. The van der Waals surface area contributed by atoms with E-state index in [4.69, 9.17) is 4.74 Å². The van der Waals surface area contributed by atoms with Gasteiger partial charge in [-0.3, -0.25) is 0 Å². The molecular formula is C25H36N2O6. The smallest absolute Gasteiger partial charge is 0.407 e.